The molecule has 0 bridgehead atoms. The number of hydrogen-bond donors (Lipinski definition) is 1. The van der Waals surface area contributed by atoms with Crippen LogP contribution >= 0.6 is 11.8 Å². The molecule has 1 heterocycles. The molecule has 1 aliphatic rings. The van der Waals surface area contributed by atoms with Crippen molar-refractivity contribution in [2.75, 3.05) is 6.54 Å². The predicted molar refractivity (Wildman–Crippen MR) is 53.2 cm³/mol. The van der Waals surface area contributed by atoms with Crippen LogP contribution in [-0.2, 0) is 0 Å². The van der Waals surface area contributed by atoms with Crippen molar-refractivity contribution in [1.29, 1.82) is 0 Å². The smallest absolute Gasteiger partial charge is 0.154 e. The first-order valence-corrected chi connectivity index (χ1v) is 4.86. The third kappa shape index (κ3) is 1.83. The van der Waals surface area contributed by atoms with Crippen LogP contribution in [0.1, 0.15) is 10.8 Å². The molecule has 0 aliphatic carbocycles. The Morgan fingerprint density at radius 3 is 2.62 bits per heavy atom. The van der Waals surface area contributed by atoms with Gasteiger partial charge >= 0.3 is 0 Å². The highest BCUT2D eigenvalue weighted by atomic mass is 32.2. The topological polar surface area (TPSA) is 38.4 Å². The van der Waals surface area contributed by atoms with Gasteiger partial charge < -0.3 is 5.73 Å². The Bertz CT molecular complexity index is 334. The molecule has 1 aromatic rings. The molecule has 0 fully saturated rings. The normalized spacial score (nSPS) is 21.6. The molecule has 2 rings (SSSR count). The number of amidine groups is 1. The number of benzene rings is 1. The molecular formula is C9H9FN2S. The third-order valence-corrected chi connectivity index (χ3v) is 2.99. The lowest BCUT2D eigenvalue weighted by Gasteiger charge is -2.06. The Labute approximate surface area is 80.0 Å². The van der Waals surface area contributed by atoms with E-state index in [1.165, 1.54) is 23.9 Å². The van der Waals surface area contributed by atoms with Gasteiger partial charge in [0, 0.05) is 0 Å². The number of rotatable bonds is 1. The van der Waals surface area contributed by atoms with Gasteiger partial charge in [0.1, 0.15) is 5.82 Å². The molecule has 13 heavy (non-hydrogen) atoms. The van der Waals surface area contributed by atoms with Gasteiger partial charge in [-0.05, 0) is 17.7 Å². The molecule has 68 valence electrons. The number of halogens is 1. The Morgan fingerprint density at radius 1 is 1.38 bits per heavy atom. The zero-order valence-corrected chi connectivity index (χ0v) is 7.72. The van der Waals surface area contributed by atoms with Crippen LogP contribution in [0.3, 0.4) is 0 Å². The second kappa shape index (κ2) is 3.38. The molecule has 1 atom stereocenters. The Morgan fingerprint density at radius 2 is 2.08 bits per heavy atom. The first-order chi connectivity index (χ1) is 6.25. The molecule has 2 nitrogen and oxygen atoms in total. The van der Waals surface area contributed by atoms with Crippen molar-refractivity contribution in [2.24, 2.45) is 10.7 Å². The van der Waals surface area contributed by atoms with Crippen molar-refractivity contribution in [1.82, 2.24) is 0 Å². The SMILES string of the molecule is NC1=NCC(c2ccc(F)cc2)S1. The summed E-state index contributed by atoms with van der Waals surface area (Å²) in [7, 11) is 0. The van der Waals surface area contributed by atoms with Crippen LogP contribution in [0.15, 0.2) is 29.3 Å². The van der Waals surface area contributed by atoms with E-state index in [0.717, 1.165) is 5.56 Å². The van der Waals surface area contributed by atoms with Gasteiger partial charge in [0.25, 0.3) is 0 Å². The van der Waals surface area contributed by atoms with Gasteiger partial charge in [-0.15, -0.1) is 0 Å². The summed E-state index contributed by atoms with van der Waals surface area (Å²) in [5, 5.41) is 0.884. The molecule has 0 saturated heterocycles. The average Bonchev–Trinajstić information content (AvgIpc) is 2.53. The minimum atomic E-state index is -0.208. The molecule has 1 aromatic carbocycles. The van der Waals surface area contributed by atoms with Crippen molar-refractivity contribution in [3.63, 3.8) is 0 Å². The summed E-state index contributed by atoms with van der Waals surface area (Å²) < 4.78 is 12.6. The summed E-state index contributed by atoms with van der Waals surface area (Å²) in [5.41, 5.74) is 6.61. The number of thioether (sulfide) groups is 1. The number of nitrogens with zero attached hydrogens (tertiary/aromatic N) is 1. The zero-order chi connectivity index (χ0) is 9.26. The van der Waals surface area contributed by atoms with Crippen LogP contribution in [0, 0.1) is 5.82 Å². The van der Waals surface area contributed by atoms with Gasteiger partial charge in [0.15, 0.2) is 5.17 Å². The van der Waals surface area contributed by atoms with E-state index in [0.29, 0.717) is 11.7 Å². The summed E-state index contributed by atoms with van der Waals surface area (Å²) in [6.07, 6.45) is 0. The fraction of sp³-hybridized carbons (Fsp3) is 0.222. The molecule has 1 aliphatic heterocycles. The largest absolute Gasteiger partial charge is 0.379 e. The summed E-state index contributed by atoms with van der Waals surface area (Å²) in [4.78, 5) is 4.08. The second-order valence-corrected chi connectivity index (χ2v) is 4.06. The molecule has 0 aromatic heterocycles. The van der Waals surface area contributed by atoms with Gasteiger partial charge in [-0.25, -0.2) is 4.39 Å². The van der Waals surface area contributed by atoms with Crippen LogP contribution in [-0.4, -0.2) is 11.7 Å². The maximum absolute atomic E-state index is 12.6. The van der Waals surface area contributed by atoms with E-state index in [1.54, 1.807) is 12.1 Å². The Hall–Kier alpha value is -1.03. The van der Waals surface area contributed by atoms with Gasteiger partial charge in [-0.3, -0.25) is 4.99 Å². The first-order valence-electron chi connectivity index (χ1n) is 3.98. The standard InChI is InChI=1S/C9H9FN2S/c10-7-3-1-6(2-4-7)8-5-12-9(11)13-8/h1-4,8H,5H2,(H2,11,12). The van der Waals surface area contributed by atoms with Gasteiger partial charge in [-0.1, -0.05) is 23.9 Å². The third-order valence-electron chi connectivity index (χ3n) is 1.92. The maximum Gasteiger partial charge on any atom is 0.154 e. The van der Waals surface area contributed by atoms with Gasteiger partial charge in [0.2, 0.25) is 0 Å². The predicted octanol–water partition coefficient (Wildman–Crippen LogP) is 1.93. The lowest BCUT2D eigenvalue weighted by Crippen LogP contribution is -2.02. The number of aliphatic imine (C=N–C) groups is 1. The summed E-state index contributed by atoms with van der Waals surface area (Å²) >= 11 is 1.53. The lowest BCUT2D eigenvalue weighted by atomic mass is 10.1. The highest BCUT2D eigenvalue weighted by molar-refractivity contribution is 8.14. The fourth-order valence-electron chi connectivity index (χ4n) is 1.24. The van der Waals surface area contributed by atoms with E-state index in [9.17, 15) is 4.39 Å². The quantitative estimate of drug-likeness (QED) is 0.745. The fourth-order valence-corrected chi connectivity index (χ4v) is 2.13. The number of hydrogen-bond acceptors (Lipinski definition) is 3. The first kappa shape index (κ1) is 8.56. The van der Waals surface area contributed by atoms with Crippen molar-refractivity contribution in [3.05, 3.63) is 35.6 Å². The monoisotopic (exact) mass is 196 g/mol. The Balaban J connectivity index is 2.14. The molecule has 4 heteroatoms. The van der Waals surface area contributed by atoms with Gasteiger partial charge in [-0.2, -0.15) is 0 Å². The second-order valence-electron chi connectivity index (χ2n) is 2.84. The Kier molecular flexibility index (Phi) is 2.22. The van der Waals surface area contributed by atoms with Crippen LogP contribution < -0.4 is 5.73 Å². The highest BCUT2D eigenvalue weighted by Crippen LogP contribution is 2.33. The van der Waals surface area contributed by atoms with Crippen molar-refractivity contribution < 1.29 is 4.39 Å². The average molecular weight is 196 g/mol. The minimum absolute atomic E-state index is 0.208. The van der Waals surface area contributed by atoms with Crippen LogP contribution in [0.2, 0.25) is 0 Å². The highest BCUT2D eigenvalue weighted by Gasteiger charge is 2.18. The molecule has 2 N–H and O–H groups in total. The van der Waals surface area contributed by atoms with Crippen LogP contribution in [0.5, 0.6) is 0 Å². The van der Waals surface area contributed by atoms with E-state index in [-0.39, 0.29) is 11.1 Å². The summed E-state index contributed by atoms with van der Waals surface area (Å²) in [5.74, 6) is -0.208. The van der Waals surface area contributed by atoms with E-state index >= 15 is 0 Å². The van der Waals surface area contributed by atoms with E-state index in [2.05, 4.69) is 4.99 Å². The summed E-state index contributed by atoms with van der Waals surface area (Å²) in [6.45, 7) is 0.697. The van der Waals surface area contributed by atoms with E-state index in [4.69, 9.17) is 5.73 Å². The number of nitrogens with two attached hydrogens (primary N) is 1. The molecule has 0 radical (unpaired) electrons. The molecule has 1 unspecified atom stereocenters. The molecular weight excluding hydrogens is 187 g/mol. The summed E-state index contributed by atoms with van der Waals surface area (Å²) in [6, 6.07) is 6.48. The van der Waals surface area contributed by atoms with Crippen molar-refractivity contribution >= 4 is 16.9 Å². The minimum Gasteiger partial charge on any atom is -0.379 e. The van der Waals surface area contributed by atoms with Crippen molar-refractivity contribution in [3.8, 4) is 0 Å². The van der Waals surface area contributed by atoms with Crippen molar-refractivity contribution in [2.45, 2.75) is 5.25 Å². The zero-order valence-electron chi connectivity index (χ0n) is 6.90. The van der Waals surface area contributed by atoms with Crippen LogP contribution in [0.4, 0.5) is 4.39 Å². The molecule has 0 amide bonds. The van der Waals surface area contributed by atoms with E-state index < -0.39 is 0 Å². The maximum atomic E-state index is 12.6. The molecule has 0 spiro atoms. The molecule has 0 saturated carbocycles. The van der Waals surface area contributed by atoms with Gasteiger partial charge in [0.05, 0.1) is 11.8 Å². The van der Waals surface area contributed by atoms with Crippen LogP contribution in [0.25, 0.3) is 0 Å². The van der Waals surface area contributed by atoms with E-state index in [1.807, 2.05) is 0 Å². The lowest BCUT2D eigenvalue weighted by molar-refractivity contribution is 0.627.